The van der Waals surface area contributed by atoms with E-state index in [9.17, 15) is 4.79 Å². The second kappa shape index (κ2) is 2.80. The van der Waals surface area contributed by atoms with Crippen molar-refractivity contribution in [3.05, 3.63) is 16.1 Å². The van der Waals surface area contributed by atoms with E-state index in [1.807, 2.05) is 5.38 Å². The number of aliphatic carboxylic acids is 1. The van der Waals surface area contributed by atoms with E-state index in [1.165, 1.54) is 12.8 Å². The summed E-state index contributed by atoms with van der Waals surface area (Å²) in [6.07, 6.45) is 2.42. The maximum absolute atomic E-state index is 10.4. The lowest BCUT2D eigenvalue weighted by Gasteiger charge is -2.00. The summed E-state index contributed by atoms with van der Waals surface area (Å²) in [5, 5.41) is 11.5. The minimum Gasteiger partial charge on any atom is -0.481 e. The molecule has 0 radical (unpaired) electrons. The molecule has 1 aliphatic carbocycles. The van der Waals surface area contributed by atoms with E-state index >= 15 is 0 Å². The van der Waals surface area contributed by atoms with Gasteiger partial charge < -0.3 is 5.11 Å². The lowest BCUT2D eigenvalue weighted by atomic mass is 10.2. The summed E-state index contributed by atoms with van der Waals surface area (Å²) < 4.78 is 0. The van der Waals surface area contributed by atoms with Gasteiger partial charge in [0, 0.05) is 10.8 Å². The van der Waals surface area contributed by atoms with Crippen molar-refractivity contribution in [2.45, 2.75) is 31.6 Å². The number of hydrogen-bond acceptors (Lipinski definition) is 3. The fraction of sp³-hybridized carbons (Fsp3) is 0.556. The molecule has 13 heavy (non-hydrogen) atoms. The molecule has 0 bridgehead atoms. The monoisotopic (exact) mass is 197 g/mol. The first kappa shape index (κ1) is 8.69. The number of carbonyl (C=O) groups is 1. The van der Waals surface area contributed by atoms with Gasteiger partial charge >= 0.3 is 5.97 Å². The summed E-state index contributed by atoms with van der Waals surface area (Å²) in [4.78, 5) is 14.7. The SMILES string of the molecule is CC1(c2nc(CC(=O)O)cs2)CC1. The van der Waals surface area contributed by atoms with Gasteiger partial charge in [0.1, 0.15) is 0 Å². The molecule has 0 aromatic carbocycles. The summed E-state index contributed by atoms with van der Waals surface area (Å²) in [5.41, 5.74) is 0.960. The first-order valence-corrected chi connectivity index (χ1v) is 5.15. The number of rotatable bonds is 3. The fourth-order valence-electron chi connectivity index (χ4n) is 1.22. The Morgan fingerprint density at radius 2 is 2.46 bits per heavy atom. The summed E-state index contributed by atoms with van der Waals surface area (Å²) in [6, 6.07) is 0. The Hall–Kier alpha value is -0.900. The summed E-state index contributed by atoms with van der Waals surface area (Å²) >= 11 is 1.59. The predicted molar refractivity (Wildman–Crippen MR) is 50.0 cm³/mol. The van der Waals surface area contributed by atoms with Crippen molar-refractivity contribution in [2.75, 3.05) is 0 Å². The largest absolute Gasteiger partial charge is 0.481 e. The van der Waals surface area contributed by atoms with Gasteiger partial charge in [-0.25, -0.2) is 4.98 Å². The topological polar surface area (TPSA) is 50.2 Å². The second-order valence-corrected chi connectivity index (χ2v) is 4.63. The fourth-order valence-corrected chi connectivity index (χ4v) is 2.26. The van der Waals surface area contributed by atoms with Gasteiger partial charge in [0.2, 0.25) is 0 Å². The number of aromatic nitrogens is 1. The zero-order chi connectivity index (χ0) is 9.47. The highest BCUT2D eigenvalue weighted by molar-refractivity contribution is 7.09. The molecule has 0 spiro atoms. The number of hydrogen-bond donors (Lipinski definition) is 1. The third kappa shape index (κ3) is 1.72. The molecule has 4 heteroatoms. The third-order valence-electron chi connectivity index (χ3n) is 2.40. The van der Waals surface area contributed by atoms with Gasteiger partial charge in [-0.1, -0.05) is 6.92 Å². The van der Waals surface area contributed by atoms with Crippen molar-refractivity contribution in [3.63, 3.8) is 0 Å². The predicted octanol–water partition coefficient (Wildman–Crippen LogP) is 1.82. The summed E-state index contributed by atoms with van der Waals surface area (Å²) in [6.45, 7) is 2.18. The maximum atomic E-state index is 10.4. The molecule has 1 fully saturated rings. The summed E-state index contributed by atoms with van der Waals surface area (Å²) in [5.74, 6) is -0.808. The minimum absolute atomic E-state index is 0.0482. The van der Waals surface area contributed by atoms with Gasteiger partial charge in [-0.05, 0) is 12.8 Å². The van der Waals surface area contributed by atoms with Crippen molar-refractivity contribution in [1.82, 2.24) is 4.98 Å². The van der Waals surface area contributed by atoms with Gasteiger partial charge in [-0.15, -0.1) is 11.3 Å². The Morgan fingerprint density at radius 1 is 1.77 bits per heavy atom. The van der Waals surface area contributed by atoms with Crippen LogP contribution < -0.4 is 0 Å². The van der Waals surface area contributed by atoms with Gasteiger partial charge in [0.25, 0.3) is 0 Å². The van der Waals surface area contributed by atoms with Crippen LogP contribution in [0.1, 0.15) is 30.5 Å². The van der Waals surface area contributed by atoms with Crippen LogP contribution in [0.5, 0.6) is 0 Å². The smallest absolute Gasteiger partial charge is 0.309 e. The average molecular weight is 197 g/mol. The van der Waals surface area contributed by atoms with Crippen LogP contribution in [0.25, 0.3) is 0 Å². The standard InChI is InChI=1S/C9H11NO2S/c1-9(2-3-9)8-10-6(5-13-8)4-7(11)12/h5H,2-4H2,1H3,(H,11,12). The highest BCUT2D eigenvalue weighted by Crippen LogP contribution is 2.48. The van der Waals surface area contributed by atoms with Crippen LogP contribution in [0.15, 0.2) is 5.38 Å². The number of carboxylic acid groups (broad SMARTS) is 1. The van der Waals surface area contributed by atoms with Gasteiger partial charge in [-0.2, -0.15) is 0 Å². The van der Waals surface area contributed by atoms with Crippen molar-refractivity contribution in [3.8, 4) is 0 Å². The second-order valence-electron chi connectivity index (χ2n) is 3.78. The number of nitrogens with zero attached hydrogens (tertiary/aromatic N) is 1. The molecule has 0 saturated heterocycles. The normalized spacial score (nSPS) is 18.5. The van der Waals surface area contributed by atoms with Crippen LogP contribution in [0.2, 0.25) is 0 Å². The van der Waals surface area contributed by atoms with Crippen molar-refractivity contribution in [2.24, 2.45) is 0 Å². The molecule has 1 heterocycles. The van der Waals surface area contributed by atoms with Gasteiger partial charge in [0.05, 0.1) is 17.1 Å². The van der Waals surface area contributed by atoms with Crippen LogP contribution in [-0.4, -0.2) is 16.1 Å². The van der Waals surface area contributed by atoms with E-state index in [2.05, 4.69) is 11.9 Å². The van der Waals surface area contributed by atoms with Crippen molar-refractivity contribution >= 4 is 17.3 Å². The first-order chi connectivity index (χ1) is 6.10. The molecule has 3 nitrogen and oxygen atoms in total. The molecular weight excluding hydrogens is 186 g/mol. The Kier molecular flexibility index (Phi) is 1.87. The minimum atomic E-state index is -0.808. The highest BCUT2D eigenvalue weighted by atomic mass is 32.1. The lowest BCUT2D eigenvalue weighted by molar-refractivity contribution is -0.136. The van der Waals surface area contributed by atoms with E-state index < -0.39 is 5.97 Å². The molecular formula is C9H11NO2S. The van der Waals surface area contributed by atoms with E-state index in [4.69, 9.17) is 5.11 Å². The van der Waals surface area contributed by atoms with Crippen LogP contribution in [0.3, 0.4) is 0 Å². The molecule has 0 atom stereocenters. The van der Waals surface area contributed by atoms with E-state index in [1.54, 1.807) is 11.3 Å². The Balaban J connectivity index is 2.14. The molecule has 0 amide bonds. The Morgan fingerprint density at radius 3 is 3.00 bits per heavy atom. The van der Waals surface area contributed by atoms with Crippen molar-refractivity contribution in [1.29, 1.82) is 0 Å². The molecule has 1 saturated carbocycles. The van der Waals surface area contributed by atoms with E-state index in [0.717, 1.165) is 5.01 Å². The average Bonchev–Trinajstić information content (AvgIpc) is 2.62. The molecule has 1 aromatic heterocycles. The Labute approximate surface area is 80.4 Å². The van der Waals surface area contributed by atoms with Crippen LogP contribution in [0, 0.1) is 0 Å². The quantitative estimate of drug-likeness (QED) is 0.804. The molecule has 1 N–H and O–H groups in total. The zero-order valence-corrected chi connectivity index (χ0v) is 8.23. The lowest BCUT2D eigenvalue weighted by Crippen LogP contribution is -2.03. The number of thiazole rings is 1. The molecule has 0 aliphatic heterocycles. The zero-order valence-electron chi connectivity index (χ0n) is 7.41. The first-order valence-electron chi connectivity index (χ1n) is 4.27. The van der Waals surface area contributed by atoms with Crippen LogP contribution >= 0.6 is 11.3 Å². The summed E-state index contributed by atoms with van der Waals surface area (Å²) in [7, 11) is 0. The molecule has 1 aliphatic rings. The van der Waals surface area contributed by atoms with E-state index in [0.29, 0.717) is 5.69 Å². The third-order valence-corrected chi connectivity index (χ3v) is 3.60. The Bertz CT molecular complexity index is 341. The molecule has 70 valence electrons. The van der Waals surface area contributed by atoms with Gasteiger partial charge in [-0.3, -0.25) is 4.79 Å². The van der Waals surface area contributed by atoms with Crippen molar-refractivity contribution < 1.29 is 9.90 Å². The van der Waals surface area contributed by atoms with E-state index in [-0.39, 0.29) is 11.8 Å². The highest BCUT2D eigenvalue weighted by Gasteiger charge is 2.41. The van der Waals surface area contributed by atoms with Crippen LogP contribution in [-0.2, 0) is 16.6 Å². The maximum Gasteiger partial charge on any atom is 0.309 e. The molecule has 1 aromatic rings. The molecule has 0 unspecified atom stereocenters. The van der Waals surface area contributed by atoms with Crippen LogP contribution in [0.4, 0.5) is 0 Å². The van der Waals surface area contributed by atoms with Gasteiger partial charge in [0.15, 0.2) is 0 Å². The molecule has 2 rings (SSSR count). The number of carboxylic acids is 1.